The number of likely N-dealkylation sites (tertiary alicyclic amines) is 1. The van der Waals surface area contributed by atoms with Crippen LogP contribution in [-0.4, -0.2) is 47.9 Å². The zero-order valence-corrected chi connectivity index (χ0v) is 11.8. The fourth-order valence-corrected chi connectivity index (χ4v) is 2.62. The molecule has 0 amide bonds. The van der Waals surface area contributed by atoms with Gasteiger partial charge in [0, 0.05) is 25.3 Å². The van der Waals surface area contributed by atoms with Crippen molar-refractivity contribution in [2.75, 3.05) is 19.7 Å². The first-order chi connectivity index (χ1) is 9.60. The van der Waals surface area contributed by atoms with E-state index in [1.807, 2.05) is 6.92 Å². The highest BCUT2D eigenvalue weighted by Crippen LogP contribution is 2.17. The topological polar surface area (TPSA) is 52.9 Å². The second kappa shape index (κ2) is 7.17. The van der Waals surface area contributed by atoms with Crippen LogP contribution in [0.25, 0.3) is 0 Å². The Morgan fingerprint density at radius 1 is 1.45 bits per heavy atom. The van der Waals surface area contributed by atoms with E-state index in [2.05, 4.69) is 4.90 Å². The molecule has 0 saturated carbocycles. The van der Waals surface area contributed by atoms with Crippen molar-refractivity contribution in [3.05, 3.63) is 29.6 Å². The van der Waals surface area contributed by atoms with Gasteiger partial charge in [-0.25, -0.2) is 4.39 Å². The molecule has 6 heteroatoms. The van der Waals surface area contributed by atoms with Gasteiger partial charge >= 0.3 is 7.12 Å². The molecule has 2 N–H and O–H groups in total. The first-order valence-corrected chi connectivity index (χ1v) is 7.08. The summed E-state index contributed by atoms with van der Waals surface area (Å²) in [4.78, 5) is 2.18. The standard InChI is InChI=1S/C14H21BFNO3/c1-2-20-13-4-3-7-17(10-13)9-11-5-6-12(15(18)19)8-14(11)16/h5-6,8,13,18-19H,2-4,7,9-10H2,1H3. The molecule has 2 rings (SSSR count). The quantitative estimate of drug-likeness (QED) is 0.772. The van der Waals surface area contributed by atoms with Crippen molar-refractivity contribution < 1.29 is 19.2 Å². The molecule has 0 spiro atoms. The summed E-state index contributed by atoms with van der Waals surface area (Å²) in [5, 5.41) is 18.0. The van der Waals surface area contributed by atoms with Crippen LogP contribution in [0.2, 0.25) is 0 Å². The van der Waals surface area contributed by atoms with E-state index < -0.39 is 12.9 Å². The molecule has 1 heterocycles. The average molecular weight is 281 g/mol. The zero-order valence-electron chi connectivity index (χ0n) is 11.8. The van der Waals surface area contributed by atoms with Gasteiger partial charge in [0.25, 0.3) is 0 Å². The summed E-state index contributed by atoms with van der Waals surface area (Å²) in [6.45, 7) is 4.97. The van der Waals surface area contributed by atoms with Gasteiger partial charge in [0.15, 0.2) is 0 Å². The molecule has 0 bridgehead atoms. The number of benzene rings is 1. The lowest BCUT2D eigenvalue weighted by Crippen LogP contribution is -2.39. The normalized spacial score (nSPS) is 20.1. The molecule has 1 unspecified atom stereocenters. The van der Waals surface area contributed by atoms with Crippen molar-refractivity contribution in [1.29, 1.82) is 0 Å². The van der Waals surface area contributed by atoms with Crippen LogP contribution < -0.4 is 5.46 Å². The third-order valence-corrected chi connectivity index (χ3v) is 3.63. The number of halogens is 1. The van der Waals surface area contributed by atoms with E-state index >= 15 is 0 Å². The minimum absolute atomic E-state index is 0.178. The van der Waals surface area contributed by atoms with Crippen molar-refractivity contribution in [1.82, 2.24) is 4.90 Å². The lowest BCUT2D eigenvalue weighted by Gasteiger charge is -2.32. The van der Waals surface area contributed by atoms with E-state index in [0.717, 1.165) is 25.9 Å². The molecule has 1 atom stereocenters. The molecular weight excluding hydrogens is 260 g/mol. The second-order valence-electron chi connectivity index (χ2n) is 5.18. The Bertz CT molecular complexity index is 442. The van der Waals surface area contributed by atoms with Crippen LogP contribution in [0, 0.1) is 5.82 Å². The van der Waals surface area contributed by atoms with E-state index in [1.54, 1.807) is 12.1 Å². The SMILES string of the molecule is CCOC1CCCN(Cc2ccc(B(O)O)cc2F)C1. The second-order valence-corrected chi connectivity index (χ2v) is 5.18. The summed E-state index contributed by atoms with van der Waals surface area (Å²) < 4.78 is 19.6. The van der Waals surface area contributed by atoms with Gasteiger partial charge in [-0.15, -0.1) is 0 Å². The lowest BCUT2D eigenvalue weighted by atomic mass is 9.80. The third-order valence-electron chi connectivity index (χ3n) is 3.63. The van der Waals surface area contributed by atoms with E-state index in [9.17, 15) is 4.39 Å². The Morgan fingerprint density at radius 2 is 2.25 bits per heavy atom. The van der Waals surface area contributed by atoms with Gasteiger partial charge in [-0.05, 0) is 37.8 Å². The largest absolute Gasteiger partial charge is 0.488 e. The summed E-state index contributed by atoms with van der Waals surface area (Å²) in [5.41, 5.74) is 0.753. The molecule has 1 aromatic carbocycles. The number of ether oxygens (including phenoxy) is 1. The summed E-state index contributed by atoms with van der Waals surface area (Å²) >= 11 is 0. The molecule has 1 aliphatic rings. The van der Waals surface area contributed by atoms with Gasteiger partial charge in [-0.3, -0.25) is 4.90 Å². The molecule has 1 aromatic rings. The molecule has 1 aliphatic heterocycles. The van der Waals surface area contributed by atoms with Crippen LogP contribution in [0.5, 0.6) is 0 Å². The van der Waals surface area contributed by atoms with Gasteiger partial charge in [-0.2, -0.15) is 0 Å². The van der Waals surface area contributed by atoms with E-state index in [0.29, 0.717) is 18.7 Å². The maximum absolute atomic E-state index is 13.9. The van der Waals surface area contributed by atoms with Gasteiger partial charge in [0.2, 0.25) is 0 Å². The van der Waals surface area contributed by atoms with E-state index in [1.165, 1.54) is 6.07 Å². The monoisotopic (exact) mass is 281 g/mol. The predicted molar refractivity (Wildman–Crippen MR) is 76.2 cm³/mol. The number of hydrogen-bond donors (Lipinski definition) is 2. The van der Waals surface area contributed by atoms with Gasteiger partial charge in [0.1, 0.15) is 5.82 Å². The molecule has 110 valence electrons. The Kier molecular flexibility index (Phi) is 5.54. The Labute approximate surface area is 119 Å². The summed E-state index contributed by atoms with van der Waals surface area (Å²) in [6.07, 6.45) is 2.35. The molecule has 0 radical (unpaired) electrons. The fourth-order valence-electron chi connectivity index (χ4n) is 2.62. The van der Waals surface area contributed by atoms with E-state index in [4.69, 9.17) is 14.8 Å². The van der Waals surface area contributed by atoms with Gasteiger partial charge in [-0.1, -0.05) is 12.1 Å². The average Bonchev–Trinajstić information content (AvgIpc) is 2.42. The first-order valence-electron chi connectivity index (χ1n) is 7.08. The third kappa shape index (κ3) is 4.02. The van der Waals surface area contributed by atoms with Crippen molar-refractivity contribution >= 4 is 12.6 Å². The molecular formula is C14H21BFNO3. The summed E-state index contributed by atoms with van der Waals surface area (Å²) in [6, 6.07) is 4.35. The predicted octanol–water partition coefficient (Wildman–Crippen LogP) is 0.506. The highest BCUT2D eigenvalue weighted by Gasteiger charge is 2.21. The minimum atomic E-state index is -1.63. The fraction of sp³-hybridized carbons (Fsp3) is 0.571. The highest BCUT2D eigenvalue weighted by atomic mass is 19.1. The minimum Gasteiger partial charge on any atom is -0.423 e. The number of rotatable bonds is 5. The maximum Gasteiger partial charge on any atom is 0.488 e. The van der Waals surface area contributed by atoms with Crippen LogP contribution >= 0.6 is 0 Å². The van der Waals surface area contributed by atoms with Crippen molar-refractivity contribution in [2.24, 2.45) is 0 Å². The van der Waals surface area contributed by atoms with Gasteiger partial charge in [0.05, 0.1) is 6.10 Å². The van der Waals surface area contributed by atoms with Crippen molar-refractivity contribution in [3.8, 4) is 0 Å². The van der Waals surface area contributed by atoms with Crippen molar-refractivity contribution in [2.45, 2.75) is 32.4 Å². The summed E-state index contributed by atoms with van der Waals surface area (Å²) in [5.74, 6) is -0.394. The first kappa shape index (κ1) is 15.4. The molecule has 0 aromatic heterocycles. The summed E-state index contributed by atoms with van der Waals surface area (Å²) in [7, 11) is -1.63. The van der Waals surface area contributed by atoms with Crippen LogP contribution in [-0.2, 0) is 11.3 Å². The van der Waals surface area contributed by atoms with Crippen molar-refractivity contribution in [3.63, 3.8) is 0 Å². The van der Waals surface area contributed by atoms with Crippen LogP contribution in [0.3, 0.4) is 0 Å². The van der Waals surface area contributed by atoms with Gasteiger partial charge < -0.3 is 14.8 Å². The van der Waals surface area contributed by atoms with Crippen LogP contribution in [0.1, 0.15) is 25.3 Å². The Morgan fingerprint density at radius 3 is 2.90 bits per heavy atom. The molecule has 1 fully saturated rings. The number of piperidine rings is 1. The van der Waals surface area contributed by atoms with Crippen LogP contribution in [0.15, 0.2) is 18.2 Å². The lowest BCUT2D eigenvalue weighted by molar-refractivity contribution is 0.00337. The van der Waals surface area contributed by atoms with E-state index in [-0.39, 0.29) is 11.6 Å². The number of nitrogens with zero attached hydrogens (tertiary/aromatic N) is 1. The molecule has 1 saturated heterocycles. The Hall–Kier alpha value is -0.945. The maximum atomic E-state index is 13.9. The smallest absolute Gasteiger partial charge is 0.423 e. The zero-order chi connectivity index (χ0) is 14.5. The molecule has 20 heavy (non-hydrogen) atoms. The molecule has 4 nitrogen and oxygen atoms in total. The Balaban J connectivity index is 1.99. The number of hydrogen-bond acceptors (Lipinski definition) is 4. The van der Waals surface area contributed by atoms with Crippen LogP contribution in [0.4, 0.5) is 4.39 Å². The molecule has 0 aliphatic carbocycles. The highest BCUT2D eigenvalue weighted by molar-refractivity contribution is 6.58.